The molecule has 2 aromatic heterocycles. The van der Waals surface area contributed by atoms with Gasteiger partial charge >= 0.3 is 11.9 Å². The van der Waals surface area contributed by atoms with E-state index >= 15 is 0 Å². The number of aromatic nitrogens is 4. The molecule has 0 fully saturated rings. The van der Waals surface area contributed by atoms with Gasteiger partial charge in [0.1, 0.15) is 12.0 Å². The Morgan fingerprint density at radius 3 is 2.62 bits per heavy atom. The molecule has 0 bridgehead atoms. The summed E-state index contributed by atoms with van der Waals surface area (Å²) in [7, 11) is 1.42. The third kappa shape index (κ3) is 4.35. The molecule has 2 heterocycles. The van der Waals surface area contributed by atoms with Crippen molar-refractivity contribution in [3.05, 3.63) is 74.5 Å². The first-order chi connectivity index (χ1) is 16.1. The summed E-state index contributed by atoms with van der Waals surface area (Å²) in [5, 5.41) is 9.15. The van der Waals surface area contributed by atoms with Crippen molar-refractivity contribution in [2.24, 2.45) is 7.05 Å². The number of hydrogen-bond donors (Lipinski definition) is 1. The molecule has 7 nitrogen and oxygen atoms in total. The Morgan fingerprint density at radius 2 is 1.97 bits per heavy atom. The lowest BCUT2D eigenvalue weighted by atomic mass is 10.1. The zero-order valence-electron chi connectivity index (χ0n) is 18.2. The Bertz CT molecular complexity index is 1410. The minimum absolute atomic E-state index is 0.0198. The maximum atomic E-state index is 13.6. The molecule has 1 unspecified atom stereocenters. The van der Waals surface area contributed by atoms with Crippen molar-refractivity contribution in [1.29, 1.82) is 0 Å². The lowest BCUT2D eigenvalue weighted by Crippen LogP contribution is -2.40. The predicted molar refractivity (Wildman–Crippen MR) is 118 cm³/mol. The van der Waals surface area contributed by atoms with Crippen LogP contribution in [0.5, 0.6) is 0 Å². The number of allylic oxidation sites excluding steroid dienone is 4. The van der Waals surface area contributed by atoms with E-state index in [0.29, 0.717) is 5.57 Å². The Labute approximate surface area is 190 Å². The molecule has 0 spiro atoms. The molecule has 0 saturated carbocycles. The van der Waals surface area contributed by atoms with Gasteiger partial charge in [-0.15, -0.1) is 0 Å². The minimum atomic E-state index is -4.58. The standard InChI is InChI=1S/C23H22F4N4O3/c1-29-20-18(21(33)30(22(29)34)10-3-11-32)31(13-14-6-8-17(24)9-7-14)19(28-20)15-4-2-5-16(12-15)23(25,26)27/h2,4-8,12,17,32H,3,9-11,13H2,1H3. The number of aryl methyl sites for hydroxylation is 1. The van der Waals surface area contributed by atoms with Gasteiger partial charge < -0.3 is 9.67 Å². The van der Waals surface area contributed by atoms with Crippen LogP contribution in [-0.2, 0) is 26.3 Å². The predicted octanol–water partition coefficient (Wildman–Crippen LogP) is 3.19. The topological polar surface area (TPSA) is 82.0 Å². The quantitative estimate of drug-likeness (QED) is 0.552. The van der Waals surface area contributed by atoms with Crippen LogP contribution in [0, 0.1) is 0 Å². The molecule has 3 aromatic rings. The van der Waals surface area contributed by atoms with Gasteiger partial charge in [-0.3, -0.25) is 13.9 Å². The molecule has 0 saturated heterocycles. The van der Waals surface area contributed by atoms with Crippen molar-refractivity contribution in [1.82, 2.24) is 18.7 Å². The lowest BCUT2D eigenvalue weighted by molar-refractivity contribution is -0.137. The van der Waals surface area contributed by atoms with Gasteiger partial charge in [-0.2, -0.15) is 13.2 Å². The molecule has 1 aliphatic rings. The fourth-order valence-corrected chi connectivity index (χ4v) is 3.94. The van der Waals surface area contributed by atoms with Crippen LogP contribution in [0.15, 0.2) is 57.7 Å². The molecule has 1 aromatic carbocycles. The van der Waals surface area contributed by atoms with Gasteiger partial charge in [0.2, 0.25) is 0 Å². The Morgan fingerprint density at radius 1 is 1.21 bits per heavy atom. The van der Waals surface area contributed by atoms with Gasteiger partial charge in [0.15, 0.2) is 11.2 Å². The molecule has 180 valence electrons. The minimum Gasteiger partial charge on any atom is -0.396 e. The number of rotatable bonds is 6. The van der Waals surface area contributed by atoms with E-state index in [1.54, 1.807) is 12.2 Å². The highest BCUT2D eigenvalue weighted by Gasteiger charge is 2.31. The fraction of sp³-hybridized carbons (Fsp3) is 0.348. The van der Waals surface area contributed by atoms with Gasteiger partial charge in [0.05, 0.1) is 5.56 Å². The number of aliphatic hydroxyl groups excluding tert-OH is 1. The average Bonchev–Trinajstić information content (AvgIpc) is 3.18. The van der Waals surface area contributed by atoms with Crippen LogP contribution in [-0.4, -0.2) is 36.6 Å². The van der Waals surface area contributed by atoms with Crippen molar-refractivity contribution >= 4 is 11.2 Å². The normalized spacial score (nSPS) is 16.3. The van der Waals surface area contributed by atoms with E-state index < -0.39 is 29.2 Å². The highest BCUT2D eigenvalue weighted by molar-refractivity contribution is 5.77. The highest BCUT2D eigenvalue weighted by Crippen LogP contribution is 2.33. The molecular formula is C23H22F4N4O3. The molecule has 0 amide bonds. The summed E-state index contributed by atoms with van der Waals surface area (Å²) in [5.74, 6) is 0.0739. The van der Waals surface area contributed by atoms with Crippen molar-refractivity contribution in [2.75, 3.05) is 6.61 Å². The smallest absolute Gasteiger partial charge is 0.396 e. The van der Waals surface area contributed by atoms with Crippen LogP contribution in [0.3, 0.4) is 0 Å². The summed E-state index contributed by atoms with van der Waals surface area (Å²) in [5.41, 5.74) is -1.38. The van der Waals surface area contributed by atoms with Crippen LogP contribution >= 0.6 is 0 Å². The summed E-state index contributed by atoms with van der Waals surface area (Å²) in [4.78, 5) is 30.5. The summed E-state index contributed by atoms with van der Waals surface area (Å²) in [6.07, 6.45) is -0.837. The second kappa shape index (κ2) is 9.05. The second-order valence-corrected chi connectivity index (χ2v) is 8.04. The zero-order chi connectivity index (χ0) is 24.6. The number of aliphatic hydroxyl groups is 1. The van der Waals surface area contributed by atoms with Crippen molar-refractivity contribution in [3.8, 4) is 11.4 Å². The summed E-state index contributed by atoms with van der Waals surface area (Å²) < 4.78 is 57.2. The molecule has 0 aliphatic heterocycles. The van der Waals surface area contributed by atoms with Crippen LogP contribution < -0.4 is 11.2 Å². The summed E-state index contributed by atoms with van der Waals surface area (Å²) in [6.45, 7) is -0.225. The molecular weight excluding hydrogens is 456 g/mol. The van der Waals surface area contributed by atoms with Crippen molar-refractivity contribution in [2.45, 2.75) is 38.3 Å². The van der Waals surface area contributed by atoms with Gasteiger partial charge in [-0.25, -0.2) is 14.2 Å². The van der Waals surface area contributed by atoms with E-state index in [9.17, 15) is 27.2 Å². The number of benzene rings is 1. The fourth-order valence-electron chi connectivity index (χ4n) is 3.94. The van der Waals surface area contributed by atoms with E-state index in [-0.39, 0.29) is 55.1 Å². The maximum Gasteiger partial charge on any atom is 0.416 e. The van der Waals surface area contributed by atoms with E-state index in [0.717, 1.165) is 21.3 Å². The third-order valence-corrected chi connectivity index (χ3v) is 5.69. The van der Waals surface area contributed by atoms with Crippen LogP contribution in [0.2, 0.25) is 0 Å². The van der Waals surface area contributed by atoms with E-state index in [1.165, 1.54) is 29.8 Å². The molecule has 1 N–H and O–H groups in total. The molecule has 11 heteroatoms. The van der Waals surface area contributed by atoms with E-state index in [4.69, 9.17) is 5.11 Å². The maximum absolute atomic E-state index is 13.6. The van der Waals surface area contributed by atoms with Gasteiger partial charge in [-0.05, 0) is 24.1 Å². The Balaban J connectivity index is 1.99. The summed E-state index contributed by atoms with van der Waals surface area (Å²) in [6, 6.07) is 4.55. The van der Waals surface area contributed by atoms with E-state index in [2.05, 4.69) is 4.98 Å². The SMILES string of the molecule is Cn1c(=O)n(CCCO)c(=O)c2c1nc(-c1cccc(C(F)(F)F)c1)n2CC1=CCC(F)C=C1. The van der Waals surface area contributed by atoms with Crippen LogP contribution in [0.25, 0.3) is 22.6 Å². The second-order valence-electron chi connectivity index (χ2n) is 8.04. The number of halogens is 4. The lowest BCUT2D eigenvalue weighted by Gasteiger charge is -2.15. The number of hydrogen-bond acceptors (Lipinski definition) is 4. The monoisotopic (exact) mass is 478 g/mol. The number of nitrogens with zero attached hydrogens (tertiary/aromatic N) is 4. The first kappa shape index (κ1) is 23.7. The van der Waals surface area contributed by atoms with Gasteiger partial charge in [0, 0.05) is 38.7 Å². The first-order valence-electron chi connectivity index (χ1n) is 10.6. The number of fused-ring (bicyclic) bond motifs is 1. The average molecular weight is 478 g/mol. The molecule has 0 radical (unpaired) electrons. The largest absolute Gasteiger partial charge is 0.416 e. The molecule has 1 atom stereocenters. The zero-order valence-corrected chi connectivity index (χ0v) is 18.2. The Hall–Kier alpha value is -3.47. The Kier molecular flexibility index (Phi) is 6.30. The van der Waals surface area contributed by atoms with Crippen molar-refractivity contribution < 1.29 is 22.7 Å². The van der Waals surface area contributed by atoms with Crippen LogP contribution in [0.4, 0.5) is 17.6 Å². The van der Waals surface area contributed by atoms with Gasteiger partial charge in [0.25, 0.3) is 5.56 Å². The molecule has 1 aliphatic carbocycles. The molecule has 4 rings (SSSR count). The third-order valence-electron chi connectivity index (χ3n) is 5.69. The number of alkyl halides is 4. The van der Waals surface area contributed by atoms with Crippen LogP contribution in [0.1, 0.15) is 18.4 Å². The number of imidazole rings is 1. The van der Waals surface area contributed by atoms with Crippen molar-refractivity contribution in [3.63, 3.8) is 0 Å². The molecule has 34 heavy (non-hydrogen) atoms. The highest BCUT2D eigenvalue weighted by atomic mass is 19.4. The van der Waals surface area contributed by atoms with Gasteiger partial charge in [-0.1, -0.05) is 30.4 Å². The first-order valence-corrected chi connectivity index (χ1v) is 10.6. The summed E-state index contributed by atoms with van der Waals surface area (Å²) >= 11 is 0. The van der Waals surface area contributed by atoms with E-state index in [1.807, 2.05) is 0 Å².